The molecule has 0 saturated carbocycles. The molecule has 0 saturated heterocycles. The minimum absolute atomic E-state index is 0.706. The highest BCUT2D eigenvalue weighted by molar-refractivity contribution is 6.30. The van der Waals surface area contributed by atoms with Crippen LogP contribution < -0.4 is 0 Å². The molecule has 0 unspecified atom stereocenters. The fourth-order valence-corrected chi connectivity index (χ4v) is 1.66. The van der Waals surface area contributed by atoms with Crippen LogP contribution in [-0.4, -0.2) is 0 Å². The molecule has 0 aliphatic carbocycles. The summed E-state index contributed by atoms with van der Waals surface area (Å²) in [6.07, 6.45) is 0. The fraction of sp³-hybridized carbons (Fsp3) is 0. The van der Waals surface area contributed by atoms with Crippen LogP contribution in [0.4, 0.5) is 0 Å². The van der Waals surface area contributed by atoms with E-state index in [4.69, 9.17) is 23.2 Å². The maximum absolute atomic E-state index is 5.83. The lowest BCUT2D eigenvalue weighted by Gasteiger charge is -1.97. The molecule has 18 heavy (non-hydrogen) atoms. The summed E-state index contributed by atoms with van der Waals surface area (Å²) in [6.45, 7) is 3.94. The van der Waals surface area contributed by atoms with E-state index in [2.05, 4.69) is 18.4 Å². The summed E-state index contributed by atoms with van der Waals surface area (Å²) in [5.74, 6) is 6.07. The van der Waals surface area contributed by atoms with Crippen molar-refractivity contribution < 1.29 is 0 Å². The predicted octanol–water partition coefficient (Wildman–Crippen LogP) is 5.06. The summed E-state index contributed by atoms with van der Waals surface area (Å²) in [4.78, 5) is 0. The molecule has 0 heterocycles. The van der Waals surface area contributed by atoms with Gasteiger partial charge in [0.15, 0.2) is 0 Å². The zero-order chi connectivity index (χ0) is 13.0. The van der Waals surface area contributed by atoms with E-state index in [1.165, 1.54) is 0 Å². The topological polar surface area (TPSA) is 0 Å². The minimum atomic E-state index is 0.706. The van der Waals surface area contributed by atoms with E-state index in [1.54, 1.807) is 0 Å². The van der Waals surface area contributed by atoms with Crippen molar-refractivity contribution in [2.45, 2.75) is 0 Å². The van der Waals surface area contributed by atoms with Crippen LogP contribution in [0.3, 0.4) is 0 Å². The molecule has 2 aromatic carbocycles. The highest BCUT2D eigenvalue weighted by Gasteiger charge is 1.95. The van der Waals surface area contributed by atoms with E-state index in [9.17, 15) is 0 Å². The van der Waals surface area contributed by atoms with Crippen LogP contribution in [0.2, 0.25) is 10.0 Å². The lowest BCUT2D eigenvalue weighted by Crippen LogP contribution is -1.79. The summed E-state index contributed by atoms with van der Waals surface area (Å²) >= 11 is 11.6. The molecule has 0 radical (unpaired) electrons. The number of allylic oxidation sites excluding steroid dienone is 1. The van der Waals surface area contributed by atoms with Crippen LogP contribution in [0, 0.1) is 11.8 Å². The quantitative estimate of drug-likeness (QED) is 0.637. The Labute approximate surface area is 117 Å². The normalized spacial score (nSPS) is 9.44. The Kier molecular flexibility index (Phi) is 4.10. The monoisotopic (exact) mass is 272 g/mol. The Balaban J connectivity index is 2.17. The van der Waals surface area contributed by atoms with E-state index in [1.807, 2.05) is 48.5 Å². The Morgan fingerprint density at radius 1 is 0.833 bits per heavy atom. The second-order valence-corrected chi connectivity index (χ2v) is 4.62. The lowest BCUT2D eigenvalue weighted by atomic mass is 10.1. The van der Waals surface area contributed by atoms with Gasteiger partial charge in [0.25, 0.3) is 0 Å². The molecule has 2 rings (SSSR count). The Bertz CT molecular complexity index is 611. The number of halogens is 2. The maximum Gasteiger partial charge on any atom is 0.0406 e. The van der Waals surface area contributed by atoms with Crippen molar-refractivity contribution in [1.82, 2.24) is 0 Å². The predicted molar refractivity (Wildman–Crippen MR) is 78.8 cm³/mol. The van der Waals surface area contributed by atoms with E-state index in [-0.39, 0.29) is 0 Å². The summed E-state index contributed by atoms with van der Waals surface area (Å²) < 4.78 is 0. The smallest absolute Gasteiger partial charge is 0.0406 e. The van der Waals surface area contributed by atoms with Gasteiger partial charge in [-0.2, -0.15) is 0 Å². The van der Waals surface area contributed by atoms with Gasteiger partial charge in [0.2, 0.25) is 0 Å². The Morgan fingerprint density at radius 2 is 1.33 bits per heavy atom. The first kappa shape index (κ1) is 12.8. The molecule has 0 fully saturated rings. The third kappa shape index (κ3) is 3.40. The molecule has 0 spiro atoms. The highest BCUT2D eigenvalue weighted by atomic mass is 35.5. The van der Waals surface area contributed by atoms with Crippen LogP contribution in [0.5, 0.6) is 0 Å². The van der Waals surface area contributed by atoms with Crippen LogP contribution >= 0.6 is 23.2 Å². The highest BCUT2D eigenvalue weighted by Crippen LogP contribution is 2.15. The third-order valence-corrected chi connectivity index (χ3v) is 2.90. The molecule has 0 amide bonds. The van der Waals surface area contributed by atoms with Gasteiger partial charge in [-0.3, -0.25) is 0 Å². The van der Waals surface area contributed by atoms with Crippen LogP contribution in [0.25, 0.3) is 5.57 Å². The van der Waals surface area contributed by atoms with E-state index >= 15 is 0 Å². The fourth-order valence-electron chi connectivity index (χ4n) is 1.40. The van der Waals surface area contributed by atoms with Gasteiger partial charge in [0.1, 0.15) is 0 Å². The average Bonchev–Trinajstić information content (AvgIpc) is 2.38. The van der Waals surface area contributed by atoms with Gasteiger partial charge in [0, 0.05) is 21.2 Å². The van der Waals surface area contributed by atoms with Crippen molar-refractivity contribution in [2.75, 3.05) is 0 Å². The van der Waals surface area contributed by atoms with Gasteiger partial charge in [-0.05, 0) is 42.0 Å². The number of benzene rings is 2. The van der Waals surface area contributed by atoms with Gasteiger partial charge in [0.05, 0.1) is 0 Å². The first-order valence-corrected chi connectivity index (χ1v) is 6.13. The number of rotatable bonds is 1. The first-order valence-electron chi connectivity index (χ1n) is 5.37. The van der Waals surface area contributed by atoms with E-state index < -0.39 is 0 Å². The van der Waals surface area contributed by atoms with Gasteiger partial charge in [-0.25, -0.2) is 0 Å². The Morgan fingerprint density at radius 3 is 1.89 bits per heavy atom. The second kappa shape index (κ2) is 5.78. The van der Waals surface area contributed by atoms with Crippen molar-refractivity contribution in [3.05, 3.63) is 76.3 Å². The molecule has 2 heteroatoms. The number of hydrogen-bond donors (Lipinski definition) is 0. The van der Waals surface area contributed by atoms with Crippen LogP contribution in [0.1, 0.15) is 11.1 Å². The summed E-state index contributed by atoms with van der Waals surface area (Å²) in [7, 11) is 0. The van der Waals surface area contributed by atoms with Gasteiger partial charge < -0.3 is 0 Å². The molecular formula is C16H10Cl2. The van der Waals surface area contributed by atoms with E-state index in [0.29, 0.717) is 10.0 Å². The summed E-state index contributed by atoms with van der Waals surface area (Å²) in [5, 5.41) is 1.41. The molecule has 0 aromatic heterocycles. The molecule has 0 nitrogen and oxygen atoms in total. The van der Waals surface area contributed by atoms with Gasteiger partial charge >= 0.3 is 0 Å². The largest absolute Gasteiger partial charge is 0.0843 e. The molecule has 88 valence electrons. The van der Waals surface area contributed by atoms with Crippen molar-refractivity contribution in [2.24, 2.45) is 0 Å². The molecule has 0 bridgehead atoms. The van der Waals surface area contributed by atoms with E-state index in [0.717, 1.165) is 16.7 Å². The van der Waals surface area contributed by atoms with Crippen LogP contribution in [-0.2, 0) is 0 Å². The second-order valence-electron chi connectivity index (χ2n) is 3.74. The third-order valence-electron chi connectivity index (χ3n) is 2.39. The van der Waals surface area contributed by atoms with Crippen molar-refractivity contribution in [3.63, 3.8) is 0 Å². The Hall–Kier alpha value is -1.68. The van der Waals surface area contributed by atoms with Gasteiger partial charge in [-0.1, -0.05) is 53.8 Å². The maximum atomic E-state index is 5.83. The molecule has 0 aliphatic rings. The van der Waals surface area contributed by atoms with Crippen molar-refractivity contribution >= 4 is 28.8 Å². The molecular weight excluding hydrogens is 263 g/mol. The van der Waals surface area contributed by atoms with Crippen molar-refractivity contribution in [1.29, 1.82) is 0 Å². The summed E-state index contributed by atoms with van der Waals surface area (Å²) in [6, 6.07) is 14.8. The minimum Gasteiger partial charge on any atom is -0.0843 e. The van der Waals surface area contributed by atoms with Crippen molar-refractivity contribution in [3.8, 4) is 11.8 Å². The average molecular weight is 273 g/mol. The zero-order valence-corrected chi connectivity index (χ0v) is 11.1. The van der Waals surface area contributed by atoms with Gasteiger partial charge in [-0.15, -0.1) is 0 Å². The molecule has 2 aromatic rings. The first-order chi connectivity index (χ1) is 8.65. The van der Waals surface area contributed by atoms with Crippen LogP contribution in [0.15, 0.2) is 55.1 Å². The SMILES string of the molecule is C=C(C#Cc1ccc(Cl)cc1)c1ccc(Cl)cc1. The zero-order valence-electron chi connectivity index (χ0n) is 9.58. The standard InChI is InChI=1S/C16H10Cl2/c1-12(14-6-10-16(18)11-7-14)2-3-13-4-8-15(17)9-5-13/h4-11H,1H2. The summed E-state index contributed by atoms with van der Waals surface area (Å²) in [5.41, 5.74) is 2.65. The molecule has 0 atom stereocenters. The molecule has 0 N–H and O–H groups in total. The number of hydrogen-bond acceptors (Lipinski definition) is 0. The lowest BCUT2D eigenvalue weighted by molar-refractivity contribution is 1.63. The molecule has 0 aliphatic heterocycles.